The summed E-state index contributed by atoms with van der Waals surface area (Å²) in [5.41, 5.74) is 1.57. The van der Waals surface area contributed by atoms with E-state index in [1.165, 1.54) is 38.5 Å². The van der Waals surface area contributed by atoms with Crippen molar-refractivity contribution < 1.29 is 14.6 Å². The number of fused-ring (bicyclic) bond motifs is 6. The van der Waals surface area contributed by atoms with Crippen LogP contribution in [0.1, 0.15) is 85.0 Å². The van der Waals surface area contributed by atoms with E-state index in [0.717, 1.165) is 54.3 Å². The van der Waals surface area contributed by atoms with Gasteiger partial charge in [0, 0.05) is 12.0 Å². The van der Waals surface area contributed by atoms with Gasteiger partial charge in [0.25, 0.3) is 0 Å². The Kier molecular flexibility index (Phi) is 5.79. The van der Waals surface area contributed by atoms with Crippen LogP contribution in [0.3, 0.4) is 0 Å². The number of carbonyl (C=O) groups is 1. The van der Waals surface area contributed by atoms with Gasteiger partial charge >= 0.3 is 0 Å². The molecular weight excluding hydrogens is 450 g/mol. The minimum atomic E-state index is -0.485. The summed E-state index contributed by atoms with van der Waals surface area (Å²) < 4.78 is 5.31. The van der Waals surface area contributed by atoms with E-state index in [0.29, 0.717) is 23.0 Å². The second kappa shape index (κ2) is 8.54. The molecule has 0 radical (unpaired) electrons. The number of Topliss-reactive ketones (excluding diaryl/α,β-unsaturated/α-hetero) is 1. The van der Waals surface area contributed by atoms with Crippen molar-refractivity contribution in [2.24, 2.45) is 40.4 Å². The summed E-state index contributed by atoms with van der Waals surface area (Å²) in [6.45, 7) is 7.14. The van der Waals surface area contributed by atoms with Gasteiger partial charge < -0.3 is 9.84 Å². The zero-order chi connectivity index (χ0) is 25.3. The minimum absolute atomic E-state index is 0.0932. The van der Waals surface area contributed by atoms with Crippen molar-refractivity contribution in [3.05, 3.63) is 18.2 Å². The molecule has 6 rings (SSSR count). The van der Waals surface area contributed by atoms with Crippen LogP contribution in [0.4, 0.5) is 0 Å². The molecule has 0 amide bonds. The summed E-state index contributed by atoms with van der Waals surface area (Å²) in [5, 5.41) is 20.0. The van der Waals surface area contributed by atoms with Crippen LogP contribution < -0.4 is 4.74 Å². The molecule has 0 aliphatic heterocycles. The van der Waals surface area contributed by atoms with E-state index in [-0.39, 0.29) is 17.9 Å². The molecule has 6 heteroatoms. The van der Waals surface area contributed by atoms with Gasteiger partial charge in [-0.15, -0.1) is 0 Å². The Hall–Kier alpha value is -1.95. The number of aliphatic hydroxyl groups is 1. The van der Waals surface area contributed by atoms with Gasteiger partial charge in [-0.2, -0.15) is 15.0 Å². The first-order valence-corrected chi connectivity index (χ1v) is 14.3. The van der Waals surface area contributed by atoms with Crippen molar-refractivity contribution in [1.29, 1.82) is 0 Å². The van der Waals surface area contributed by atoms with Crippen molar-refractivity contribution in [1.82, 2.24) is 15.0 Å². The molecule has 1 N–H and O–H groups in total. The molecule has 8 atom stereocenters. The number of hydrogen-bond acceptors (Lipinski definition) is 5. The standard InChI is InChI=1S/C30H43N3O3/c1-5-30-15-14-28(2,35)17-19(30)6-8-21-22-9-10-24(29(22,3)13-12-23(21)30)27(34)18-33-31-25-11-7-20(36-4)16-26(25)32-33/h7,11,16,19,21-24,35H,5-6,8-10,12-15,17-18H2,1-4H3/t19-,21+,22+,23+,24-,28-,29+,30+/m1/s1. The van der Waals surface area contributed by atoms with E-state index in [9.17, 15) is 9.90 Å². The van der Waals surface area contributed by atoms with Crippen LogP contribution in [0.5, 0.6) is 5.75 Å². The Morgan fingerprint density at radius 3 is 2.64 bits per heavy atom. The Labute approximate surface area is 215 Å². The quantitative estimate of drug-likeness (QED) is 0.569. The molecule has 6 nitrogen and oxygen atoms in total. The lowest BCUT2D eigenvalue weighted by Crippen LogP contribution is -2.56. The highest BCUT2D eigenvalue weighted by Gasteiger charge is 2.62. The highest BCUT2D eigenvalue weighted by atomic mass is 16.5. The lowest BCUT2D eigenvalue weighted by molar-refractivity contribution is -0.158. The predicted octanol–water partition coefficient (Wildman–Crippen LogP) is 5.81. The molecule has 4 saturated carbocycles. The number of rotatable bonds is 5. The summed E-state index contributed by atoms with van der Waals surface area (Å²) in [6.07, 6.45) is 11.5. The topological polar surface area (TPSA) is 77.2 Å². The Bertz CT molecular complexity index is 1160. The van der Waals surface area contributed by atoms with E-state index in [1.54, 1.807) is 11.9 Å². The molecule has 1 aromatic carbocycles. The third-order valence-corrected chi connectivity index (χ3v) is 11.6. The number of carbonyl (C=O) groups excluding carboxylic acids is 1. The van der Waals surface area contributed by atoms with Crippen molar-refractivity contribution in [2.75, 3.05) is 7.11 Å². The van der Waals surface area contributed by atoms with Crippen LogP contribution in [-0.4, -0.2) is 38.6 Å². The van der Waals surface area contributed by atoms with E-state index in [2.05, 4.69) is 31.0 Å². The number of ketones is 1. The smallest absolute Gasteiger partial charge is 0.159 e. The highest BCUT2D eigenvalue weighted by molar-refractivity contribution is 5.82. The minimum Gasteiger partial charge on any atom is -0.497 e. The summed E-state index contributed by atoms with van der Waals surface area (Å²) in [6, 6.07) is 5.66. The van der Waals surface area contributed by atoms with E-state index >= 15 is 0 Å². The fraction of sp³-hybridized carbons (Fsp3) is 0.767. The number of aromatic nitrogens is 3. The molecule has 2 aromatic rings. The van der Waals surface area contributed by atoms with Gasteiger partial charge in [-0.1, -0.05) is 13.8 Å². The molecule has 4 aliphatic carbocycles. The lowest BCUT2D eigenvalue weighted by Gasteiger charge is -2.63. The maximum atomic E-state index is 13.7. The van der Waals surface area contributed by atoms with Gasteiger partial charge in [0.1, 0.15) is 23.3 Å². The molecule has 0 bridgehead atoms. The molecule has 196 valence electrons. The number of hydrogen-bond donors (Lipinski definition) is 1. The Morgan fingerprint density at radius 1 is 1.06 bits per heavy atom. The Morgan fingerprint density at radius 2 is 1.86 bits per heavy atom. The maximum absolute atomic E-state index is 13.7. The molecule has 1 aromatic heterocycles. The first-order valence-electron chi connectivity index (χ1n) is 14.3. The molecule has 1 heterocycles. The second-order valence-corrected chi connectivity index (χ2v) is 13.2. The van der Waals surface area contributed by atoms with E-state index in [4.69, 9.17) is 4.74 Å². The third kappa shape index (κ3) is 3.65. The van der Waals surface area contributed by atoms with Crippen LogP contribution in [0.15, 0.2) is 18.2 Å². The van der Waals surface area contributed by atoms with Crippen LogP contribution in [0.25, 0.3) is 11.0 Å². The van der Waals surface area contributed by atoms with Crippen LogP contribution in [-0.2, 0) is 11.3 Å². The molecule has 4 aliphatic rings. The third-order valence-electron chi connectivity index (χ3n) is 11.6. The molecular formula is C30H43N3O3. The van der Waals surface area contributed by atoms with Gasteiger partial charge in [0.15, 0.2) is 5.78 Å². The number of nitrogens with zero attached hydrogens (tertiary/aromatic N) is 3. The molecule has 0 saturated heterocycles. The van der Waals surface area contributed by atoms with Crippen molar-refractivity contribution in [3.63, 3.8) is 0 Å². The van der Waals surface area contributed by atoms with E-state index < -0.39 is 5.60 Å². The number of ether oxygens (including phenoxy) is 1. The van der Waals surface area contributed by atoms with Crippen LogP contribution >= 0.6 is 0 Å². The SMILES string of the molecule is CC[C@]12CC[C@@](C)(O)C[C@H]1CC[C@H]1[C@@H]3CC[C@H](C(=O)Cn4nc5ccc(OC)cc5n4)[C@@]3(C)CC[C@@H]12. The average molecular weight is 494 g/mol. The summed E-state index contributed by atoms with van der Waals surface area (Å²) in [7, 11) is 1.65. The van der Waals surface area contributed by atoms with Crippen molar-refractivity contribution in [2.45, 2.75) is 97.1 Å². The van der Waals surface area contributed by atoms with Crippen LogP contribution in [0.2, 0.25) is 0 Å². The van der Waals surface area contributed by atoms with Gasteiger partial charge in [-0.05, 0) is 118 Å². The summed E-state index contributed by atoms with van der Waals surface area (Å²) >= 11 is 0. The predicted molar refractivity (Wildman–Crippen MR) is 140 cm³/mol. The number of benzene rings is 1. The highest BCUT2D eigenvalue weighted by Crippen LogP contribution is 2.69. The largest absolute Gasteiger partial charge is 0.497 e. The normalized spacial score (nSPS) is 42.0. The van der Waals surface area contributed by atoms with Crippen molar-refractivity contribution >= 4 is 16.8 Å². The zero-order valence-electron chi connectivity index (χ0n) is 22.5. The van der Waals surface area contributed by atoms with Gasteiger partial charge in [0.05, 0.1) is 12.7 Å². The zero-order valence-corrected chi connectivity index (χ0v) is 22.5. The van der Waals surface area contributed by atoms with Crippen LogP contribution in [0, 0.1) is 40.4 Å². The molecule has 4 fully saturated rings. The molecule has 0 unspecified atom stereocenters. The first-order chi connectivity index (χ1) is 17.2. The molecule has 36 heavy (non-hydrogen) atoms. The fourth-order valence-corrected chi connectivity index (χ4v) is 9.86. The summed E-state index contributed by atoms with van der Waals surface area (Å²) in [5.74, 6) is 3.97. The molecule has 0 spiro atoms. The average Bonchev–Trinajstić information content (AvgIpc) is 3.42. The van der Waals surface area contributed by atoms with E-state index in [1.807, 2.05) is 18.2 Å². The fourth-order valence-electron chi connectivity index (χ4n) is 9.86. The van der Waals surface area contributed by atoms with Gasteiger partial charge in [-0.25, -0.2) is 0 Å². The lowest BCUT2D eigenvalue weighted by atomic mass is 9.42. The Balaban J connectivity index is 1.21. The monoisotopic (exact) mass is 493 g/mol. The van der Waals surface area contributed by atoms with Gasteiger partial charge in [0.2, 0.25) is 0 Å². The van der Waals surface area contributed by atoms with Crippen molar-refractivity contribution in [3.8, 4) is 5.75 Å². The second-order valence-electron chi connectivity index (χ2n) is 13.2. The van der Waals surface area contributed by atoms with Gasteiger partial charge in [-0.3, -0.25) is 4.79 Å². The first kappa shape index (κ1) is 24.4. The summed E-state index contributed by atoms with van der Waals surface area (Å²) in [4.78, 5) is 15.3. The number of methoxy groups -OCH3 is 1. The maximum Gasteiger partial charge on any atom is 0.159 e.